The van der Waals surface area contributed by atoms with E-state index in [0.29, 0.717) is 11.6 Å². The standard InChI is InChI=1S/C10H13ClOS/c1-7-5-8(2)10(9(12)6-7)13-4-3-11/h5-6,12H,3-4H2,1-2H3. The second-order valence-corrected chi connectivity index (χ2v) is 4.45. The number of aryl methyl sites for hydroxylation is 2. The van der Waals surface area contributed by atoms with Gasteiger partial charge >= 0.3 is 0 Å². The SMILES string of the molecule is Cc1cc(C)c(SCCCl)c(O)c1. The van der Waals surface area contributed by atoms with E-state index in [1.165, 1.54) is 0 Å². The van der Waals surface area contributed by atoms with Crippen molar-refractivity contribution in [2.24, 2.45) is 0 Å². The lowest BCUT2D eigenvalue weighted by Crippen LogP contribution is -1.86. The van der Waals surface area contributed by atoms with Crippen molar-refractivity contribution in [2.45, 2.75) is 18.7 Å². The topological polar surface area (TPSA) is 20.2 Å². The molecule has 1 aromatic carbocycles. The highest BCUT2D eigenvalue weighted by atomic mass is 35.5. The Morgan fingerprint density at radius 3 is 2.62 bits per heavy atom. The van der Waals surface area contributed by atoms with E-state index in [2.05, 4.69) is 6.07 Å². The lowest BCUT2D eigenvalue weighted by Gasteiger charge is -2.08. The van der Waals surface area contributed by atoms with Gasteiger partial charge in [-0.2, -0.15) is 0 Å². The first-order chi connectivity index (χ1) is 6.15. The molecule has 0 spiro atoms. The molecule has 0 aliphatic carbocycles. The first-order valence-electron chi connectivity index (χ1n) is 4.14. The summed E-state index contributed by atoms with van der Waals surface area (Å²) in [4.78, 5) is 0.950. The summed E-state index contributed by atoms with van der Waals surface area (Å²) in [5, 5.41) is 9.63. The van der Waals surface area contributed by atoms with E-state index in [0.717, 1.165) is 21.8 Å². The van der Waals surface area contributed by atoms with Crippen molar-refractivity contribution >= 4 is 23.4 Å². The number of alkyl halides is 1. The van der Waals surface area contributed by atoms with Gasteiger partial charge in [0.2, 0.25) is 0 Å². The van der Waals surface area contributed by atoms with Crippen molar-refractivity contribution in [3.63, 3.8) is 0 Å². The molecule has 0 aliphatic rings. The average molecular weight is 217 g/mol. The number of phenolic OH excluding ortho intramolecular Hbond substituents is 1. The minimum atomic E-state index is 0.368. The summed E-state index contributed by atoms with van der Waals surface area (Å²) in [5.74, 6) is 1.81. The van der Waals surface area contributed by atoms with Crippen LogP contribution in [0.4, 0.5) is 0 Å². The Bertz CT molecular complexity index is 276. The Morgan fingerprint density at radius 1 is 1.38 bits per heavy atom. The predicted molar refractivity (Wildman–Crippen MR) is 59.0 cm³/mol. The summed E-state index contributed by atoms with van der Waals surface area (Å²) in [7, 11) is 0. The first kappa shape index (κ1) is 10.7. The van der Waals surface area contributed by atoms with E-state index < -0.39 is 0 Å². The largest absolute Gasteiger partial charge is 0.507 e. The van der Waals surface area contributed by atoms with Crippen LogP contribution in [0.25, 0.3) is 0 Å². The second-order valence-electron chi connectivity index (χ2n) is 2.97. The quantitative estimate of drug-likeness (QED) is 0.618. The van der Waals surface area contributed by atoms with Crippen LogP contribution in [-0.2, 0) is 0 Å². The van der Waals surface area contributed by atoms with E-state index >= 15 is 0 Å². The highest BCUT2D eigenvalue weighted by Crippen LogP contribution is 2.32. The number of phenols is 1. The van der Waals surface area contributed by atoms with Crippen LogP contribution in [0.2, 0.25) is 0 Å². The Morgan fingerprint density at radius 2 is 2.08 bits per heavy atom. The fourth-order valence-corrected chi connectivity index (χ4v) is 2.27. The molecule has 1 aromatic rings. The molecule has 0 atom stereocenters. The zero-order chi connectivity index (χ0) is 9.84. The van der Waals surface area contributed by atoms with Crippen molar-refractivity contribution in [3.8, 4) is 5.75 Å². The van der Waals surface area contributed by atoms with Gasteiger partial charge in [0, 0.05) is 11.6 Å². The monoisotopic (exact) mass is 216 g/mol. The van der Waals surface area contributed by atoms with Crippen molar-refractivity contribution in [3.05, 3.63) is 23.3 Å². The molecule has 13 heavy (non-hydrogen) atoms. The normalized spacial score (nSPS) is 10.4. The second kappa shape index (κ2) is 4.77. The van der Waals surface area contributed by atoms with Crippen molar-refractivity contribution in [1.82, 2.24) is 0 Å². The molecule has 1 rings (SSSR count). The minimum Gasteiger partial charge on any atom is -0.507 e. The van der Waals surface area contributed by atoms with Gasteiger partial charge in [-0.25, -0.2) is 0 Å². The number of aromatic hydroxyl groups is 1. The number of thioether (sulfide) groups is 1. The van der Waals surface area contributed by atoms with Gasteiger partial charge in [0.1, 0.15) is 5.75 Å². The van der Waals surface area contributed by atoms with Gasteiger partial charge in [0.25, 0.3) is 0 Å². The van der Waals surface area contributed by atoms with Crippen molar-refractivity contribution < 1.29 is 5.11 Å². The summed E-state index contributed by atoms with van der Waals surface area (Å²) in [6.07, 6.45) is 0. The highest BCUT2D eigenvalue weighted by molar-refractivity contribution is 7.99. The van der Waals surface area contributed by atoms with Crippen LogP contribution < -0.4 is 0 Å². The molecular formula is C10H13ClOS. The van der Waals surface area contributed by atoms with Gasteiger partial charge in [-0.3, -0.25) is 0 Å². The summed E-state index contributed by atoms with van der Waals surface area (Å²) >= 11 is 7.19. The molecule has 1 N–H and O–H groups in total. The van der Waals surface area contributed by atoms with E-state index in [1.54, 1.807) is 17.8 Å². The van der Waals surface area contributed by atoms with Crippen molar-refractivity contribution in [2.75, 3.05) is 11.6 Å². The molecule has 1 nitrogen and oxygen atoms in total. The van der Waals surface area contributed by atoms with E-state index in [1.807, 2.05) is 13.8 Å². The molecule has 0 saturated heterocycles. The van der Waals surface area contributed by atoms with Gasteiger partial charge in [-0.05, 0) is 31.0 Å². The fourth-order valence-electron chi connectivity index (χ4n) is 1.26. The number of halogens is 1. The Labute approximate surface area is 88.1 Å². The minimum absolute atomic E-state index is 0.368. The lowest BCUT2D eigenvalue weighted by atomic mass is 10.1. The van der Waals surface area contributed by atoms with Gasteiger partial charge in [0.15, 0.2) is 0 Å². The average Bonchev–Trinajstić information content (AvgIpc) is 2.02. The Kier molecular flexibility index (Phi) is 3.94. The fraction of sp³-hybridized carbons (Fsp3) is 0.400. The molecule has 0 bridgehead atoms. The molecule has 0 fully saturated rings. The third-order valence-electron chi connectivity index (χ3n) is 1.72. The van der Waals surface area contributed by atoms with E-state index in [9.17, 15) is 5.11 Å². The first-order valence-corrected chi connectivity index (χ1v) is 5.66. The third kappa shape index (κ3) is 2.82. The van der Waals surface area contributed by atoms with Crippen LogP contribution in [0.1, 0.15) is 11.1 Å². The zero-order valence-corrected chi connectivity index (χ0v) is 9.37. The molecule has 0 amide bonds. The highest BCUT2D eigenvalue weighted by Gasteiger charge is 2.05. The number of rotatable bonds is 3. The van der Waals surface area contributed by atoms with Crippen LogP contribution >= 0.6 is 23.4 Å². The van der Waals surface area contributed by atoms with Gasteiger partial charge in [-0.1, -0.05) is 6.07 Å². The lowest BCUT2D eigenvalue weighted by molar-refractivity contribution is 0.461. The molecule has 3 heteroatoms. The molecule has 0 unspecified atom stereocenters. The summed E-state index contributed by atoms with van der Waals surface area (Å²) in [5.41, 5.74) is 2.21. The van der Waals surface area contributed by atoms with Crippen LogP contribution in [-0.4, -0.2) is 16.7 Å². The Balaban J connectivity index is 2.92. The predicted octanol–water partition coefficient (Wildman–Crippen LogP) is 3.34. The van der Waals surface area contributed by atoms with Crippen LogP contribution in [0.15, 0.2) is 17.0 Å². The molecule has 0 saturated carbocycles. The van der Waals surface area contributed by atoms with E-state index in [4.69, 9.17) is 11.6 Å². The smallest absolute Gasteiger partial charge is 0.129 e. The molecule has 72 valence electrons. The summed E-state index contributed by atoms with van der Waals surface area (Å²) < 4.78 is 0. The molecule has 0 aromatic heterocycles. The molecule has 0 radical (unpaired) electrons. The Hall–Kier alpha value is -0.340. The maximum absolute atomic E-state index is 9.63. The summed E-state index contributed by atoms with van der Waals surface area (Å²) in [6, 6.07) is 3.85. The zero-order valence-electron chi connectivity index (χ0n) is 7.80. The van der Waals surface area contributed by atoms with Crippen LogP contribution in [0.5, 0.6) is 5.75 Å². The number of hydrogen-bond donors (Lipinski definition) is 1. The van der Waals surface area contributed by atoms with Crippen molar-refractivity contribution in [1.29, 1.82) is 0 Å². The number of benzene rings is 1. The maximum atomic E-state index is 9.63. The third-order valence-corrected chi connectivity index (χ3v) is 3.36. The summed E-state index contributed by atoms with van der Waals surface area (Å²) in [6.45, 7) is 3.98. The van der Waals surface area contributed by atoms with E-state index in [-0.39, 0.29) is 0 Å². The maximum Gasteiger partial charge on any atom is 0.129 e. The van der Waals surface area contributed by atoms with Gasteiger partial charge in [0.05, 0.1) is 4.90 Å². The number of hydrogen-bond acceptors (Lipinski definition) is 2. The van der Waals surface area contributed by atoms with Crippen LogP contribution in [0.3, 0.4) is 0 Å². The molecule has 0 heterocycles. The van der Waals surface area contributed by atoms with Gasteiger partial charge < -0.3 is 5.11 Å². The van der Waals surface area contributed by atoms with Crippen LogP contribution in [0, 0.1) is 13.8 Å². The molecular weight excluding hydrogens is 204 g/mol. The molecule has 0 aliphatic heterocycles. The van der Waals surface area contributed by atoms with Gasteiger partial charge in [-0.15, -0.1) is 23.4 Å².